The molecule has 0 amide bonds. The molecule has 3 heterocycles. The van der Waals surface area contributed by atoms with Crippen LogP contribution >= 0.6 is 11.3 Å². The van der Waals surface area contributed by atoms with Gasteiger partial charge in [-0.25, -0.2) is 15.0 Å². The van der Waals surface area contributed by atoms with E-state index in [4.69, 9.17) is 19.4 Å². The zero-order valence-corrected chi connectivity index (χ0v) is 27.4. The van der Waals surface area contributed by atoms with Gasteiger partial charge in [0, 0.05) is 58.4 Å². The van der Waals surface area contributed by atoms with E-state index in [-0.39, 0.29) is 0 Å². The van der Waals surface area contributed by atoms with Crippen LogP contribution < -0.4 is 0 Å². The first-order chi connectivity index (χ1) is 24.8. The van der Waals surface area contributed by atoms with Gasteiger partial charge < -0.3 is 4.42 Å². The van der Waals surface area contributed by atoms with Crippen LogP contribution in [0.3, 0.4) is 0 Å². The molecule has 8 aromatic carbocycles. The number of rotatable bonds is 3. The fraction of sp³-hybridized carbons (Fsp3) is 0. The Morgan fingerprint density at radius 1 is 0.380 bits per heavy atom. The van der Waals surface area contributed by atoms with E-state index < -0.39 is 0 Å². The van der Waals surface area contributed by atoms with Gasteiger partial charge in [-0.05, 0) is 45.8 Å². The van der Waals surface area contributed by atoms with Crippen molar-refractivity contribution in [2.45, 2.75) is 0 Å². The van der Waals surface area contributed by atoms with Gasteiger partial charge in [0.05, 0.1) is 0 Å². The van der Waals surface area contributed by atoms with Crippen molar-refractivity contribution >= 4 is 85.8 Å². The first-order valence-electron chi connectivity index (χ1n) is 16.7. The zero-order valence-electron chi connectivity index (χ0n) is 26.6. The predicted molar refractivity (Wildman–Crippen MR) is 209 cm³/mol. The number of benzene rings is 8. The summed E-state index contributed by atoms with van der Waals surface area (Å²) < 4.78 is 9.46. The Labute approximate surface area is 289 Å². The molecule has 0 saturated carbocycles. The van der Waals surface area contributed by atoms with Crippen LogP contribution in [0.1, 0.15) is 0 Å². The van der Waals surface area contributed by atoms with E-state index >= 15 is 0 Å². The summed E-state index contributed by atoms with van der Waals surface area (Å²) >= 11 is 1.80. The van der Waals surface area contributed by atoms with Gasteiger partial charge in [0.25, 0.3) is 0 Å². The summed E-state index contributed by atoms with van der Waals surface area (Å²) in [4.78, 5) is 15.7. The minimum Gasteiger partial charge on any atom is -0.455 e. The van der Waals surface area contributed by atoms with Crippen molar-refractivity contribution in [3.05, 3.63) is 152 Å². The molecule has 4 nitrogen and oxygen atoms in total. The fourth-order valence-electron chi connectivity index (χ4n) is 7.63. The number of fused-ring (bicyclic) bond motifs is 12. The summed E-state index contributed by atoms with van der Waals surface area (Å²) in [6, 6.07) is 53.1. The van der Waals surface area contributed by atoms with Crippen LogP contribution in [0.5, 0.6) is 0 Å². The quantitative estimate of drug-likeness (QED) is 0.178. The molecule has 5 heteroatoms. The highest BCUT2D eigenvalue weighted by atomic mass is 32.1. The maximum Gasteiger partial charge on any atom is 0.164 e. The third-order valence-corrected chi connectivity index (χ3v) is 11.0. The Kier molecular flexibility index (Phi) is 5.80. The molecule has 0 spiro atoms. The van der Waals surface area contributed by atoms with Crippen molar-refractivity contribution < 1.29 is 4.42 Å². The average Bonchev–Trinajstić information content (AvgIpc) is 3.77. The van der Waals surface area contributed by atoms with E-state index in [1.54, 1.807) is 11.3 Å². The van der Waals surface area contributed by atoms with Crippen molar-refractivity contribution in [2.75, 3.05) is 0 Å². The molecule has 0 fully saturated rings. The summed E-state index contributed by atoms with van der Waals surface area (Å²) in [6.07, 6.45) is 0. The van der Waals surface area contributed by atoms with Gasteiger partial charge in [-0.3, -0.25) is 0 Å². The maximum absolute atomic E-state index is 7.00. The van der Waals surface area contributed by atoms with E-state index in [1.807, 2.05) is 18.2 Å². The SMILES string of the molecule is c1ccc(-c2nc(-c3cccc4sc5ccccc5c34)nc(-c3cc4ccc5ccccc5c4c4oc5c6ccccc6ccc5c34)n2)cc1. The van der Waals surface area contributed by atoms with Crippen LogP contribution in [0, 0.1) is 0 Å². The third-order valence-electron chi connectivity index (χ3n) is 9.89. The van der Waals surface area contributed by atoms with Crippen LogP contribution in [-0.2, 0) is 0 Å². The highest BCUT2D eigenvalue weighted by Crippen LogP contribution is 2.45. The molecular formula is C45H25N3OS. The predicted octanol–water partition coefficient (Wildman–Crippen LogP) is 12.6. The van der Waals surface area contributed by atoms with E-state index in [0.717, 1.165) is 65.6 Å². The van der Waals surface area contributed by atoms with Gasteiger partial charge in [-0.2, -0.15) is 0 Å². The first-order valence-corrected chi connectivity index (χ1v) is 17.5. The second kappa shape index (κ2) is 10.5. The van der Waals surface area contributed by atoms with Gasteiger partial charge in [0.15, 0.2) is 17.5 Å². The standard InChI is InChI=1S/C45H25N3OS/c1-2-13-28(14-3-1)43-46-44(34-18-10-20-37-39(34)32-17-8-9-19-36(32)50-37)48-45(47-43)35-25-29-22-21-26-11-4-6-15-30(26)38(29)42-40(35)33-24-23-27-12-5-7-16-31(27)41(33)49-42/h1-25H. The number of furan rings is 1. The largest absolute Gasteiger partial charge is 0.455 e. The maximum atomic E-state index is 7.00. The van der Waals surface area contributed by atoms with Crippen molar-refractivity contribution in [1.82, 2.24) is 15.0 Å². The van der Waals surface area contributed by atoms with E-state index in [9.17, 15) is 0 Å². The monoisotopic (exact) mass is 655 g/mol. The second-order valence-electron chi connectivity index (χ2n) is 12.7. The normalized spacial score (nSPS) is 12.0. The molecule has 3 aromatic heterocycles. The average molecular weight is 656 g/mol. The molecule has 0 bridgehead atoms. The number of hydrogen-bond acceptors (Lipinski definition) is 5. The molecule has 0 N–H and O–H groups in total. The molecule has 0 atom stereocenters. The molecule has 11 aromatic rings. The highest BCUT2D eigenvalue weighted by Gasteiger charge is 2.23. The third kappa shape index (κ3) is 4.01. The Morgan fingerprint density at radius 2 is 1.02 bits per heavy atom. The van der Waals surface area contributed by atoms with Crippen LogP contribution in [-0.4, -0.2) is 15.0 Å². The topological polar surface area (TPSA) is 51.8 Å². The lowest BCUT2D eigenvalue weighted by Crippen LogP contribution is -2.01. The van der Waals surface area contributed by atoms with Crippen molar-refractivity contribution in [3.8, 4) is 34.2 Å². The molecular weight excluding hydrogens is 631 g/mol. The molecule has 0 aliphatic heterocycles. The summed E-state index contributed by atoms with van der Waals surface area (Å²) in [7, 11) is 0. The summed E-state index contributed by atoms with van der Waals surface area (Å²) in [5, 5.41) is 11.1. The molecule has 0 unspecified atom stereocenters. The summed E-state index contributed by atoms with van der Waals surface area (Å²) in [6.45, 7) is 0. The van der Waals surface area contributed by atoms with Crippen LogP contribution in [0.2, 0.25) is 0 Å². The van der Waals surface area contributed by atoms with Crippen molar-refractivity contribution in [2.24, 2.45) is 0 Å². The van der Waals surface area contributed by atoms with E-state index in [2.05, 4.69) is 133 Å². The molecule has 0 radical (unpaired) electrons. The Hall–Kier alpha value is -6.43. The fourth-order valence-corrected chi connectivity index (χ4v) is 8.76. The van der Waals surface area contributed by atoms with Crippen LogP contribution in [0.15, 0.2) is 156 Å². The molecule has 0 saturated heterocycles. The van der Waals surface area contributed by atoms with Crippen LogP contribution in [0.25, 0.3) is 109 Å². The number of nitrogens with zero attached hydrogens (tertiary/aromatic N) is 3. The molecule has 232 valence electrons. The Balaban J connectivity index is 1.29. The second-order valence-corrected chi connectivity index (χ2v) is 13.8. The van der Waals surface area contributed by atoms with E-state index in [1.165, 1.54) is 25.6 Å². The number of hydrogen-bond donors (Lipinski definition) is 0. The zero-order chi connectivity index (χ0) is 32.8. The minimum absolute atomic E-state index is 0.612. The van der Waals surface area contributed by atoms with Crippen LogP contribution in [0.4, 0.5) is 0 Å². The molecule has 50 heavy (non-hydrogen) atoms. The van der Waals surface area contributed by atoms with Gasteiger partial charge in [-0.1, -0.05) is 127 Å². The van der Waals surface area contributed by atoms with Crippen molar-refractivity contribution in [1.29, 1.82) is 0 Å². The highest BCUT2D eigenvalue weighted by molar-refractivity contribution is 7.25. The molecule has 0 aliphatic rings. The molecule has 0 aliphatic carbocycles. The van der Waals surface area contributed by atoms with Gasteiger partial charge in [0.2, 0.25) is 0 Å². The van der Waals surface area contributed by atoms with Gasteiger partial charge >= 0.3 is 0 Å². The Morgan fingerprint density at radius 3 is 1.88 bits per heavy atom. The molecule has 11 rings (SSSR count). The number of aromatic nitrogens is 3. The number of thiophene rings is 1. The van der Waals surface area contributed by atoms with E-state index in [0.29, 0.717) is 17.5 Å². The smallest absolute Gasteiger partial charge is 0.164 e. The first kappa shape index (κ1) is 27.5. The lowest BCUT2D eigenvalue weighted by atomic mass is 9.95. The Bertz CT molecular complexity index is 3160. The lowest BCUT2D eigenvalue weighted by Gasteiger charge is -2.12. The summed E-state index contributed by atoms with van der Waals surface area (Å²) in [5.41, 5.74) is 4.55. The van der Waals surface area contributed by atoms with Crippen molar-refractivity contribution in [3.63, 3.8) is 0 Å². The lowest BCUT2D eigenvalue weighted by molar-refractivity contribution is 0.677. The summed E-state index contributed by atoms with van der Waals surface area (Å²) in [5.74, 6) is 1.89. The minimum atomic E-state index is 0.612. The van der Waals surface area contributed by atoms with Gasteiger partial charge in [0.1, 0.15) is 11.2 Å². The van der Waals surface area contributed by atoms with Gasteiger partial charge in [-0.15, -0.1) is 11.3 Å².